The minimum absolute atomic E-state index is 0.0287. The monoisotopic (exact) mass is 466 g/mol. The predicted octanol–water partition coefficient (Wildman–Crippen LogP) is 5.26. The molecule has 0 radical (unpaired) electrons. The lowest BCUT2D eigenvalue weighted by Crippen LogP contribution is -2.30. The zero-order valence-corrected chi connectivity index (χ0v) is 17.2. The van der Waals surface area contributed by atoms with Gasteiger partial charge < -0.3 is 10.1 Å². The molecule has 0 bridgehead atoms. The van der Waals surface area contributed by atoms with E-state index in [9.17, 15) is 14.0 Å². The molecule has 1 aliphatic heterocycles. The molecule has 0 saturated carbocycles. The summed E-state index contributed by atoms with van der Waals surface area (Å²) >= 11 is 3.40. The number of benzene rings is 3. The van der Waals surface area contributed by atoms with Gasteiger partial charge in [0.25, 0.3) is 5.91 Å². The molecule has 1 saturated heterocycles. The number of amides is 3. The number of hydrogen-bond acceptors (Lipinski definition) is 3. The highest BCUT2D eigenvalue weighted by atomic mass is 79.9. The van der Waals surface area contributed by atoms with Gasteiger partial charge in [0.05, 0.1) is 5.69 Å². The van der Waals surface area contributed by atoms with Gasteiger partial charge in [-0.15, -0.1) is 0 Å². The first-order chi connectivity index (χ1) is 14.5. The zero-order chi connectivity index (χ0) is 21.1. The smallest absolute Gasteiger partial charge is 0.333 e. The lowest BCUT2D eigenvalue weighted by Gasteiger charge is -2.12. The van der Waals surface area contributed by atoms with Gasteiger partial charge in [-0.25, -0.2) is 14.1 Å². The van der Waals surface area contributed by atoms with E-state index >= 15 is 0 Å². The number of nitrogens with zero attached hydrogens (tertiary/aromatic N) is 1. The average Bonchev–Trinajstić information content (AvgIpc) is 3.02. The van der Waals surface area contributed by atoms with E-state index in [2.05, 4.69) is 21.2 Å². The van der Waals surface area contributed by atoms with Crippen molar-refractivity contribution in [3.63, 3.8) is 0 Å². The van der Waals surface area contributed by atoms with Crippen molar-refractivity contribution in [2.75, 3.05) is 4.90 Å². The molecule has 0 aromatic heterocycles. The van der Waals surface area contributed by atoms with Gasteiger partial charge in [-0.2, -0.15) is 0 Å². The number of anilines is 1. The number of hydrogen-bond donors (Lipinski definition) is 1. The van der Waals surface area contributed by atoms with Crippen LogP contribution in [-0.2, 0) is 11.4 Å². The van der Waals surface area contributed by atoms with Crippen molar-refractivity contribution in [1.82, 2.24) is 5.32 Å². The van der Waals surface area contributed by atoms with Crippen molar-refractivity contribution < 1.29 is 18.7 Å². The molecule has 0 unspecified atom stereocenters. The Bertz CT molecular complexity index is 1150. The Hall–Kier alpha value is -3.45. The Morgan fingerprint density at radius 1 is 1.00 bits per heavy atom. The minimum atomic E-state index is -0.527. The highest BCUT2D eigenvalue weighted by molar-refractivity contribution is 9.10. The Balaban J connectivity index is 1.62. The Morgan fingerprint density at radius 2 is 1.73 bits per heavy atom. The van der Waals surface area contributed by atoms with Crippen molar-refractivity contribution in [3.8, 4) is 5.75 Å². The first kappa shape index (κ1) is 19.8. The molecule has 0 aliphatic carbocycles. The fourth-order valence-corrected chi connectivity index (χ4v) is 3.42. The predicted molar refractivity (Wildman–Crippen MR) is 115 cm³/mol. The fraction of sp³-hybridized carbons (Fsp3) is 0.0435. The van der Waals surface area contributed by atoms with Crippen LogP contribution in [0.3, 0.4) is 0 Å². The van der Waals surface area contributed by atoms with Gasteiger partial charge in [0.15, 0.2) is 0 Å². The molecule has 30 heavy (non-hydrogen) atoms. The van der Waals surface area contributed by atoms with Crippen LogP contribution in [-0.4, -0.2) is 11.9 Å². The summed E-state index contributed by atoms with van der Waals surface area (Å²) in [5.74, 6) is -0.369. The SMILES string of the molecule is O=C1N/C(=C/c2cc(Br)ccc2OCc2ccccc2F)C(=O)N1c1ccccc1. The molecule has 1 fully saturated rings. The summed E-state index contributed by atoms with van der Waals surface area (Å²) in [5.41, 5.74) is 1.59. The van der Waals surface area contributed by atoms with E-state index in [1.165, 1.54) is 6.07 Å². The van der Waals surface area contributed by atoms with Crippen LogP contribution in [0.4, 0.5) is 14.9 Å². The second-order valence-corrected chi connectivity index (χ2v) is 7.44. The van der Waals surface area contributed by atoms with Crippen LogP contribution in [0.25, 0.3) is 6.08 Å². The second-order valence-electron chi connectivity index (χ2n) is 6.53. The molecule has 1 N–H and O–H groups in total. The number of carbonyl (C=O) groups is 2. The molecular weight excluding hydrogens is 451 g/mol. The first-order valence-corrected chi connectivity index (χ1v) is 9.90. The van der Waals surface area contributed by atoms with Gasteiger partial charge in [-0.3, -0.25) is 4.79 Å². The van der Waals surface area contributed by atoms with Crippen molar-refractivity contribution in [3.05, 3.63) is 99.9 Å². The number of halogens is 2. The summed E-state index contributed by atoms with van der Waals surface area (Å²) in [6.45, 7) is 0.0287. The maximum absolute atomic E-state index is 13.9. The Morgan fingerprint density at radius 3 is 2.50 bits per heavy atom. The van der Waals surface area contributed by atoms with E-state index in [0.717, 1.165) is 9.37 Å². The third-order valence-corrected chi connectivity index (χ3v) is 5.00. The minimum Gasteiger partial charge on any atom is -0.488 e. The average molecular weight is 467 g/mol. The topological polar surface area (TPSA) is 58.6 Å². The molecule has 150 valence electrons. The van der Waals surface area contributed by atoms with E-state index in [4.69, 9.17) is 4.74 Å². The van der Waals surface area contributed by atoms with E-state index < -0.39 is 11.9 Å². The molecule has 3 aromatic carbocycles. The van der Waals surface area contributed by atoms with Crippen LogP contribution in [0.2, 0.25) is 0 Å². The molecule has 0 spiro atoms. The molecule has 1 heterocycles. The molecule has 5 nitrogen and oxygen atoms in total. The normalized spacial score (nSPS) is 14.9. The summed E-state index contributed by atoms with van der Waals surface area (Å²) in [7, 11) is 0. The molecule has 3 aromatic rings. The molecule has 1 aliphatic rings. The quantitative estimate of drug-likeness (QED) is 0.411. The molecule has 4 rings (SSSR count). The highest BCUT2D eigenvalue weighted by Gasteiger charge is 2.34. The second kappa shape index (κ2) is 8.51. The lowest BCUT2D eigenvalue weighted by atomic mass is 10.1. The summed E-state index contributed by atoms with van der Waals surface area (Å²) in [5, 5.41) is 2.60. The van der Waals surface area contributed by atoms with Crippen molar-refractivity contribution in [2.24, 2.45) is 0 Å². The number of imide groups is 1. The van der Waals surface area contributed by atoms with Crippen LogP contribution in [0.15, 0.2) is 83.0 Å². The fourth-order valence-electron chi connectivity index (χ4n) is 3.04. The zero-order valence-electron chi connectivity index (χ0n) is 15.6. The van der Waals surface area contributed by atoms with Crippen LogP contribution >= 0.6 is 15.9 Å². The van der Waals surface area contributed by atoms with Gasteiger partial charge in [0.2, 0.25) is 0 Å². The van der Waals surface area contributed by atoms with Gasteiger partial charge in [0.1, 0.15) is 23.9 Å². The maximum Gasteiger partial charge on any atom is 0.333 e. The molecular formula is C23H16BrFN2O3. The Labute approximate surface area is 180 Å². The third-order valence-electron chi connectivity index (χ3n) is 4.51. The maximum atomic E-state index is 13.9. The number of rotatable bonds is 5. The van der Waals surface area contributed by atoms with E-state index in [-0.39, 0.29) is 18.1 Å². The van der Waals surface area contributed by atoms with Crippen LogP contribution < -0.4 is 15.0 Å². The van der Waals surface area contributed by atoms with Crippen LogP contribution in [0.1, 0.15) is 11.1 Å². The van der Waals surface area contributed by atoms with Crippen molar-refractivity contribution in [2.45, 2.75) is 6.61 Å². The van der Waals surface area contributed by atoms with E-state index in [1.54, 1.807) is 72.8 Å². The summed E-state index contributed by atoms with van der Waals surface area (Å²) in [6.07, 6.45) is 1.55. The van der Waals surface area contributed by atoms with Crippen molar-refractivity contribution in [1.29, 1.82) is 0 Å². The van der Waals surface area contributed by atoms with Crippen LogP contribution in [0.5, 0.6) is 5.75 Å². The van der Waals surface area contributed by atoms with Gasteiger partial charge in [-0.05, 0) is 42.5 Å². The first-order valence-electron chi connectivity index (χ1n) is 9.11. The number of para-hydroxylation sites is 1. The van der Waals surface area contributed by atoms with E-state index in [0.29, 0.717) is 22.6 Å². The molecule has 0 atom stereocenters. The van der Waals surface area contributed by atoms with Gasteiger partial charge in [0, 0.05) is 15.6 Å². The number of ether oxygens (including phenoxy) is 1. The Kier molecular flexibility index (Phi) is 5.63. The third kappa shape index (κ3) is 4.11. The van der Waals surface area contributed by atoms with Gasteiger partial charge >= 0.3 is 6.03 Å². The standard InChI is InChI=1S/C23H16BrFN2O3/c24-17-10-11-21(30-14-15-6-4-5-9-19(15)25)16(12-17)13-20-22(28)27(23(29)26-20)18-7-2-1-3-8-18/h1-13H,14H2,(H,26,29)/b20-13+. The molecule has 7 heteroatoms. The van der Waals surface area contributed by atoms with Crippen LogP contribution in [0, 0.1) is 5.82 Å². The van der Waals surface area contributed by atoms with Crippen molar-refractivity contribution >= 4 is 39.6 Å². The number of urea groups is 1. The summed E-state index contributed by atoms with van der Waals surface area (Å²) < 4.78 is 20.5. The summed E-state index contributed by atoms with van der Waals surface area (Å²) in [4.78, 5) is 26.2. The highest BCUT2D eigenvalue weighted by Crippen LogP contribution is 2.28. The van der Waals surface area contributed by atoms with E-state index in [1.807, 2.05) is 0 Å². The van der Waals surface area contributed by atoms with Gasteiger partial charge in [-0.1, -0.05) is 52.3 Å². The number of nitrogens with one attached hydrogen (secondary N) is 1. The largest absolute Gasteiger partial charge is 0.488 e. The molecule has 3 amide bonds. The lowest BCUT2D eigenvalue weighted by molar-refractivity contribution is -0.113. The number of carbonyl (C=O) groups excluding carboxylic acids is 2. The summed E-state index contributed by atoms with van der Waals surface area (Å²) in [6, 6.07) is 19.8.